The Kier molecular flexibility index (Phi) is 4.67. The SMILES string of the molecule is C[C@H](C(=O)Nc1ccc(F)c(F)c1)N1CCN(C)CC1. The van der Waals surface area contributed by atoms with Gasteiger partial charge in [-0.3, -0.25) is 9.69 Å². The molecule has 110 valence electrons. The van der Waals surface area contributed by atoms with Gasteiger partial charge in [-0.25, -0.2) is 8.78 Å². The fourth-order valence-corrected chi connectivity index (χ4v) is 2.20. The highest BCUT2D eigenvalue weighted by atomic mass is 19.2. The molecular formula is C14H19F2N3O. The summed E-state index contributed by atoms with van der Waals surface area (Å²) >= 11 is 0. The van der Waals surface area contributed by atoms with Crippen molar-refractivity contribution >= 4 is 11.6 Å². The number of anilines is 1. The Morgan fingerprint density at radius 3 is 2.45 bits per heavy atom. The van der Waals surface area contributed by atoms with Crippen LogP contribution in [0.4, 0.5) is 14.5 Å². The van der Waals surface area contributed by atoms with E-state index in [2.05, 4.69) is 15.1 Å². The van der Waals surface area contributed by atoms with Crippen LogP contribution in [-0.2, 0) is 4.79 Å². The minimum Gasteiger partial charge on any atom is -0.325 e. The third-order valence-corrected chi connectivity index (χ3v) is 3.65. The molecule has 1 aliphatic heterocycles. The average Bonchev–Trinajstić information content (AvgIpc) is 2.43. The summed E-state index contributed by atoms with van der Waals surface area (Å²) in [5.74, 6) is -2.09. The van der Waals surface area contributed by atoms with E-state index in [4.69, 9.17) is 0 Å². The molecule has 1 N–H and O–H groups in total. The van der Waals surface area contributed by atoms with Gasteiger partial charge in [0, 0.05) is 37.9 Å². The summed E-state index contributed by atoms with van der Waals surface area (Å²) < 4.78 is 25.9. The second kappa shape index (κ2) is 6.28. The second-order valence-corrected chi connectivity index (χ2v) is 5.13. The van der Waals surface area contributed by atoms with Gasteiger partial charge in [-0.15, -0.1) is 0 Å². The van der Waals surface area contributed by atoms with Gasteiger partial charge in [0.1, 0.15) is 0 Å². The third-order valence-electron chi connectivity index (χ3n) is 3.65. The monoisotopic (exact) mass is 283 g/mol. The van der Waals surface area contributed by atoms with Gasteiger partial charge in [-0.1, -0.05) is 0 Å². The number of benzene rings is 1. The van der Waals surface area contributed by atoms with Crippen LogP contribution in [-0.4, -0.2) is 55.0 Å². The quantitative estimate of drug-likeness (QED) is 0.914. The number of carbonyl (C=O) groups is 1. The number of nitrogens with zero attached hydrogens (tertiary/aromatic N) is 2. The lowest BCUT2D eigenvalue weighted by Gasteiger charge is -2.35. The number of nitrogens with one attached hydrogen (secondary N) is 1. The van der Waals surface area contributed by atoms with Gasteiger partial charge in [-0.2, -0.15) is 0 Å². The van der Waals surface area contributed by atoms with Crippen molar-refractivity contribution in [3.05, 3.63) is 29.8 Å². The van der Waals surface area contributed by atoms with Crippen LogP contribution in [0.15, 0.2) is 18.2 Å². The maximum absolute atomic E-state index is 13.1. The summed E-state index contributed by atoms with van der Waals surface area (Å²) in [5, 5.41) is 2.62. The number of hydrogen-bond acceptors (Lipinski definition) is 3. The van der Waals surface area contributed by atoms with Gasteiger partial charge in [0.25, 0.3) is 0 Å². The van der Waals surface area contributed by atoms with Gasteiger partial charge in [0.05, 0.1) is 6.04 Å². The molecule has 1 aromatic carbocycles. The fraction of sp³-hybridized carbons (Fsp3) is 0.500. The van der Waals surface area contributed by atoms with Crippen molar-refractivity contribution in [1.82, 2.24) is 9.80 Å². The predicted molar refractivity (Wildman–Crippen MR) is 73.5 cm³/mol. The molecule has 0 radical (unpaired) electrons. The van der Waals surface area contributed by atoms with Crippen LogP contribution in [0, 0.1) is 11.6 Å². The molecule has 0 bridgehead atoms. The zero-order valence-electron chi connectivity index (χ0n) is 11.7. The zero-order chi connectivity index (χ0) is 14.7. The Bertz CT molecular complexity index is 487. The van der Waals surface area contributed by atoms with Crippen LogP contribution < -0.4 is 5.32 Å². The zero-order valence-corrected chi connectivity index (χ0v) is 11.7. The van der Waals surface area contributed by atoms with Crippen LogP contribution in [0.2, 0.25) is 0 Å². The first-order valence-electron chi connectivity index (χ1n) is 6.66. The average molecular weight is 283 g/mol. The molecule has 1 aromatic rings. The molecule has 1 heterocycles. The molecule has 2 rings (SSSR count). The van der Waals surface area contributed by atoms with Crippen molar-refractivity contribution in [1.29, 1.82) is 0 Å². The van der Waals surface area contributed by atoms with Crippen molar-refractivity contribution < 1.29 is 13.6 Å². The molecule has 0 unspecified atom stereocenters. The summed E-state index contributed by atoms with van der Waals surface area (Å²) in [6.07, 6.45) is 0. The molecule has 0 spiro atoms. The first-order valence-corrected chi connectivity index (χ1v) is 6.66. The molecule has 0 aromatic heterocycles. The summed E-state index contributed by atoms with van der Waals surface area (Å²) in [6.45, 7) is 5.30. The van der Waals surface area contributed by atoms with Crippen LogP contribution in [0.3, 0.4) is 0 Å². The van der Waals surface area contributed by atoms with Crippen molar-refractivity contribution in [2.45, 2.75) is 13.0 Å². The summed E-state index contributed by atoms with van der Waals surface area (Å²) in [5.41, 5.74) is 0.273. The molecule has 1 aliphatic rings. The van der Waals surface area contributed by atoms with Crippen LogP contribution in [0.25, 0.3) is 0 Å². The van der Waals surface area contributed by atoms with Gasteiger partial charge in [0.2, 0.25) is 5.91 Å². The maximum atomic E-state index is 13.1. The minimum atomic E-state index is -0.963. The highest BCUT2D eigenvalue weighted by Gasteiger charge is 2.24. The summed E-state index contributed by atoms with van der Waals surface area (Å²) in [7, 11) is 2.05. The number of rotatable bonds is 3. The van der Waals surface area contributed by atoms with Gasteiger partial charge < -0.3 is 10.2 Å². The van der Waals surface area contributed by atoms with E-state index in [0.717, 1.165) is 38.3 Å². The predicted octanol–water partition coefficient (Wildman–Crippen LogP) is 1.54. The summed E-state index contributed by atoms with van der Waals surface area (Å²) in [6, 6.07) is 3.06. The van der Waals surface area contributed by atoms with E-state index in [0.29, 0.717) is 0 Å². The number of halogens is 2. The van der Waals surface area contributed by atoms with Crippen molar-refractivity contribution in [3.8, 4) is 0 Å². The van der Waals surface area contributed by atoms with E-state index in [9.17, 15) is 13.6 Å². The first-order chi connectivity index (χ1) is 9.47. The van der Waals surface area contributed by atoms with Gasteiger partial charge in [0.15, 0.2) is 11.6 Å². The topological polar surface area (TPSA) is 35.6 Å². The standard InChI is InChI=1S/C14H19F2N3O/c1-10(19-7-5-18(2)6-8-19)14(20)17-11-3-4-12(15)13(16)9-11/h3-4,9-10H,5-8H2,1-2H3,(H,17,20)/t10-/m1/s1. The third kappa shape index (κ3) is 3.52. The molecule has 1 amide bonds. The second-order valence-electron chi connectivity index (χ2n) is 5.13. The van der Waals surface area contributed by atoms with E-state index in [1.54, 1.807) is 0 Å². The molecular weight excluding hydrogens is 264 g/mol. The Morgan fingerprint density at radius 2 is 1.85 bits per heavy atom. The first kappa shape index (κ1) is 14.9. The molecule has 0 aliphatic carbocycles. The Balaban J connectivity index is 1.95. The van der Waals surface area contributed by atoms with E-state index >= 15 is 0 Å². The molecule has 6 heteroatoms. The van der Waals surface area contributed by atoms with Crippen molar-refractivity contribution in [2.75, 3.05) is 38.5 Å². The van der Waals surface area contributed by atoms with Crippen LogP contribution >= 0.6 is 0 Å². The van der Waals surface area contributed by atoms with E-state index in [1.807, 2.05) is 14.0 Å². The molecule has 0 saturated carbocycles. The smallest absolute Gasteiger partial charge is 0.241 e. The lowest BCUT2D eigenvalue weighted by molar-refractivity contribution is -0.121. The minimum absolute atomic E-state index is 0.208. The highest BCUT2D eigenvalue weighted by Crippen LogP contribution is 2.14. The number of likely N-dealkylation sites (N-methyl/N-ethyl adjacent to an activating group) is 1. The van der Waals surface area contributed by atoms with Gasteiger partial charge in [-0.05, 0) is 26.1 Å². The van der Waals surface area contributed by atoms with E-state index in [1.165, 1.54) is 6.07 Å². The van der Waals surface area contributed by atoms with Crippen molar-refractivity contribution in [2.24, 2.45) is 0 Å². The maximum Gasteiger partial charge on any atom is 0.241 e. The molecule has 20 heavy (non-hydrogen) atoms. The summed E-state index contributed by atoms with van der Waals surface area (Å²) in [4.78, 5) is 16.4. The van der Waals surface area contributed by atoms with Crippen LogP contribution in [0.5, 0.6) is 0 Å². The largest absolute Gasteiger partial charge is 0.325 e. The van der Waals surface area contributed by atoms with E-state index in [-0.39, 0.29) is 17.6 Å². The number of carbonyl (C=O) groups excluding carboxylic acids is 1. The van der Waals surface area contributed by atoms with Gasteiger partial charge >= 0.3 is 0 Å². The number of amides is 1. The molecule has 1 atom stereocenters. The Morgan fingerprint density at radius 1 is 1.20 bits per heavy atom. The molecule has 1 fully saturated rings. The van der Waals surface area contributed by atoms with Crippen LogP contribution in [0.1, 0.15) is 6.92 Å². The lowest BCUT2D eigenvalue weighted by Crippen LogP contribution is -2.51. The Labute approximate surface area is 117 Å². The van der Waals surface area contributed by atoms with Crippen molar-refractivity contribution in [3.63, 3.8) is 0 Å². The lowest BCUT2D eigenvalue weighted by atomic mass is 10.2. The van der Waals surface area contributed by atoms with E-state index < -0.39 is 11.6 Å². The Hall–Kier alpha value is -1.53. The molecule has 4 nitrogen and oxygen atoms in total. The fourth-order valence-electron chi connectivity index (χ4n) is 2.20. The number of hydrogen-bond donors (Lipinski definition) is 1. The normalized spacial score (nSPS) is 18.8. The molecule has 1 saturated heterocycles. The highest BCUT2D eigenvalue weighted by molar-refractivity contribution is 5.94. The number of piperazine rings is 1.